The monoisotopic (exact) mass is 391 g/mol. The predicted molar refractivity (Wildman–Crippen MR) is 98.0 cm³/mol. The highest BCUT2D eigenvalue weighted by Crippen LogP contribution is 2.41. The summed E-state index contributed by atoms with van der Waals surface area (Å²) in [6.07, 6.45) is 2.11. The standard InChI is InChI=1S/C20H20F3N3O2/c1-3-5-12(27)26-11-7-4-6-10(8-11)13-14-16(21)9(2)25-19(14)15(20(24)28)18(23)17(13)22/h10-11,25H,4,6-8H2,1-2H3,(H2,24,28)(H,26,27)/t10-,11?/m1/s1. The number of H-pyrrole nitrogens is 1. The third-order valence-electron chi connectivity index (χ3n) is 5.18. The Morgan fingerprint density at radius 3 is 2.54 bits per heavy atom. The highest BCUT2D eigenvalue weighted by Gasteiger charge is 2.33. The van der Waals surface area contributed by atoms with E-state index in [1.165, 1.54) is 13.8 Å². The van der Waals surface area contributed by atoms with Crippen LogP contribution < -0.4 is 11.1 Å². The number of fused-ring (bicyclic) bond motifs is 1. The normalized spacial score (nSPS) is 19.2. The number of primary amides is 1. The number of nitrogens with two attached hydrogens (primary N) is 1. The van der Waals surface area contributed by atoms with Gasteiger partial charge in [0.2, 0.25) is 0 Å². The summed E-state index contributed by atoms with van der Waals surface area (Å²) < 4.78 is 44.4. The fourth-order valence-electron chi connectivity index (χ4n) is 4.02. The van der Waals surface area contributed by atoms with Crippen LogP contribution >= 0.6 is 0 Å². The molecule has 2 atom stereocenters. The van der Waals surface area contributed by atoms with Gasteiger partial charge in [0.05, 0.1) is 5.52 Å². The minimum absolute atomic E-state index is 0.0580. The summed E-state index contributed by atoms with van der Waals surface area (Å²) >= 11 is 0. The van der Waals surface area contributed by atoms with E-state index in [2.05, 4.69) is 22.1 Å². The van der Waals surface area contributed by atoms with E-state index in [9.17, 15) is 22.8 Å². The molecule has 8 heteroatoms. The Hall–Kier alpha value is -2.95. The summed E-state index contributed by atoms with van der Waals surface area (Å²) in [5.74, 6) is -0.683. The van der Waals surface area contributed by atoms with Gasteiger partial charge in [-0.2, -0.15) is 0 Å². The second kappa shape index (κ2) is 7.58. The lowest BCUT2D eigenvalue weighted by molar-refractivity contribution is -0.116. The van der Waals surface area contributed by atoms with Crippen molar-refractivity contribution >= 4 is 22.7 Å². The number of hydrogen-bond donors (Lipinski definition) is 3. The Bertz CT molecular complexity index is 1030. The topological polar surface area (TPSA) is 88.0 Å². The molecule has 1 aliphatic carbocycles. The van der Waals surface area contributed by atoms with Gasteiger partial charge in [0, 0.05) is 22.7 Å². The molecule has 0 radical (unpaired) electrons. The SMILES string of the molecule is CC#CC(=O)NC1CCC[C@@H](c2c(F)c(F)c(C(N)=O)c3[nH]c(C)c(F)c23)C1. The van der Waals surface area contributed by atoms with E-state index in [4.69, 9.17) is 5.73 Å². The van der Waals surface area contributed by atoms with Crippen LogP contribution in [0.25, 0.3) is 10.9 Å². The Balaban J connectivity index is 2.11. The maximum absolute atomic E-state index is 15.0. The van der Waals surface area contributed by atoms with Crippen LogP contribution in [0, 0.1) is 36.2 Å². The zero-order valence-corrected chi connectivity index (χ0v) is 15.5. The van der Waals surface area contributed by atoms with Gasteiger partial charge in [-0.15, -0.1) is 0 Å². The lowest BCUT2D eigenvalue weighted by Crippen LogP contribution is -2.37. The van der Waals surface area contributed by atoms with Crippen molar-refractivity contribution in [2.75, 3.05) is 0 Å². The van der Waals surface area contributed by atoms with Gasteiger partial charge in [0.1, 0.15) is 5.56 Å². The van der Waals surface area contributed by atoms with Gasteiger partial charge in [0.25, 0.3) is 11.8 Å². The number of aryl methyl sites for hydroxylation is 1. The summed E-state index contributed by atoms with van der Waals surface area (Å²) in [5.41, 5.74) is 4.30. The van der Waals surface area contributed by atoms with Crippen LogP contribution in [0.5, 0.6) is 0 Å². The number of carbonyl (C=O) groups excluding carboxylic acids is 2. The van der Waals surface area contributed by atoms with Gasteiger partial charge in [-0.1, -0.05) is 12.3 Å². The molecule has 28 heavy (non-hydrogen) atoms. The number of aromatic nitrogens is 1. The maximum Gasteiger partial charge on any atom is 0.296 e. The predicted octanol–water partition coefficient (Wildman–Crippen LogP) is 3.16. The number of nitrogens with one attached hydrogen (secondary N) is 2. The van der Waals surface area contributed by atoms with E-state index in [1.54, 1.807) is 0 Å². The number of amides is 2. The van der Waals surface area contributed by atoms with Crippen molar-refractivity contribution in [3.63, 3.8) is 0 Å². The number of benzene rings is 1. The molecule has 1 fully saturated rings. The van der Waals surface area contributed by atoms with Crippen LogP contribution in [0.4, 0.5) is 13.2 Å². The van der Waals surface area contributed by atoms with Crippen LogP contribution in [-0.2, 0) is 4.79 Å². The third-order valence-corrected chi connectivity index (χ3v) is 5.18. The third kappa shape index (κ3) is 3.33. The summed E-state index contributed by atoms with van der Waals surface area (Å²) in [5, 5.41) is 2.59. The number of carbonyl (C=O) groups is 2. The van der Waals surface area contributed by atoms with Crippen molar-refractivity contribution < 1.29 is 22.8 Å². The second-order valence-electron chi connectivity index (χ2n) is 7.00. The van der Waals surface area contributed by atoms with Crippen molar-refractivity contribution in [3.8, 4) is 11.8 Å². The first-order valence-corrected chi connectivity index (χ1v) is 8.97. The largest absolute Gasteiger partial charge is 0.365 e. The molecule has 0 spiro atoms. The van der Waals surface area contributed by atoms with Gasteiger partial charge in [-0.3, -0.25) is 9.59 Å². The number of aromatic amines is 1. The molecule has 148 valence electrons. The molecule has 1 unspecified atom stereocenters. The van der Waals surface area contributed by atoms with E-state index in [-0.39, 0.29) is 28.2 Å². The first-order valence-electron chi connectivity index (χ1n) is 8.97. The summed E-state index contributed by atoms with van der Waals surface area (Å²) in [6, 6.07) is -0.288. The molecule has 1 aliphatic rings. The van der Waals surface area contributed by atoms with Gasteiger partial charge in [-0.05, 0) is 44.9 Å². The van der Waals surface area contributed by atoms with Gasteiger partial charge in [0.15, 0.2) is 17.5 Å². The molecule has 5 nitrogen and oxygen atoms in total. The van der Waals surface area contributed by atoms with Crippen molar-refractivity contribution in [2.24, 2.45) is 5.73 Å². The van der Waals surface area contributed by atoms with Crippen molar-refractivity contribution in [3.05, 3.63) is 34.3 Å². The molecular weight excluding hydrogens is 371 g/mol. The van der Waals surface area contributed by atoms with Gasteiger partial charge < -0.3 is 16.0 Å². The molecule has 1 aromatic carbocycles. The average Bonchev–Trinajstić information content (AvgIpc) is 2.91. The minimum Gasteiger partial charge on any atom is -0.365 e. The Kier molecular flexibility index (Phi) is 5.36. The minimum atomic E-state index is -1.39. The maximum atomic E-state index is 15.0. The van der Waals surface area contributed by atoms with Crippen molar-refractivity contribution in [1.29, 1.82) is 0 Å². The van der Waals surface area contributed by atoms with Crippen LogP contribution in [-0.4, -0.2) is 22.8 Å². The molecule has 1 saturated carbocycles. The number of halogens is 3. The molecule has 2 aromatic rings. The van der Waals surface area contributed by atoms with Crippen LogP contribution in [0.2, 0.25) is 0 Å². The van der Waals surface area contributed by atoms with Crippen LogP contribution in [0.1, 0.15) is 60.1 Å². The smallest absolute Gasteiger partial charge is 0.296 e. The Labute approximate surface area is 159 Å². The van der Waals surface area contributed by atoms with Crippen LogP contribution in [0.3, 0.4) is 0 Å². The zero-order valence-electron chi connectivity index (χ0n) is 15.5. The lowest BCUT2D eigenvalue weighted by Gasteiger charge is -2.30. The van der Waals surface area contributed by atoms with E-state index in [0.717, 1.165) is 0 Å². The molecule has 4 N–H and O–H groups in total. The highest BCUT2D eigenvalue weighted by molar-refractivity contribution is 6.06. The molecule has 1 aromatic heterocycles. The molecule has 3 rings (SSSR count). The van der Waals surface area contributed by atoms with E-state index < -0.39 is 40.7 Å². The zero-order chi connectivity index (χ0) is 20.6. The van der Waals surface area contributed by atoms with Crippen LogP contribution in [0.15, 0.2) is 0 Å². The quantitative estimate of drug-likeness (QED) is 0.702. The van der Waals surface area contributed by atoms with Gasteiger partial charge in [-0.25, -0.2) is 13.2 Å². The summed E-state index contributed by atoms with van der Waals surface area (Å²) in [7, 11) is 0. The molecule has 2 amide bonds. The summed E-state index contributed by atoms with van der Waals surface area (Å²) in [6.45, 7) is 2.95. The average molecular weight is 391 g/mol. The first kappa shape index (κ1) is 19.8. The van der Waals surface area contributed by atoms with Crippen molar-refractivity contribution in [1.82, 2.24) is 10.3 Å². The Morgan fingerprint density at radius 1 is 1.18 bits per heavy atom. The molecular formula is C20H20F3N3O2. The Morgan fingerprint density at radius 2 is 1.89 bits per heavy atom. The molecule has 0 aliphatic heterocycles. The first-order chi connectivity index (χ1) is 13.3. The van der Waals surface area contributed by atoms with E-state index in [0.29, 0.717) is 25.7 Å². The second-order valence-corrected chi connectivity index (χ2v) is 7.00. The fraction of sp³-hybridized carbons (Fsp3) is 0.400. The number of rotatable bonds is 3. The summed E-state index contributed by atoms with van der Waals surface area (Å²) in [4.78, 5) is 26.0. The lowest BCUT2D eigenvalue weighted by atomic mass is 9.79. The molecule has 0 saturated heterocycles. The molecule has 1 heterocycles. The van der Waals surface area contributed by atoms with Crippen molar-refractivity contribution in [2.45, 2.75) is 51.5 Å². The highest BCUT2D eigenvalue weighted by atomic mass is 19.2. The van der Waals surface area contributed by atoms with Gasteiger partial charge >= 0.3 is 0 Å². The van der Waals surface area contributed by atoms with E-state index in [1.807, 2.05) is 0 Å². The number of hydrogen-bond acceptors (Lipinski definition) is 2. The van der Waals surface area contributed by atoms with E-state index >= 15 is 0 Å². The fourth-order valence-corrected chi connectivity index (χ4v) is 4.02. The molecule has 0 bridgehead atoms.